The van der Waals surface area contributed by atoms with Gasteiger partial charge >= 0.3 is 0 Å². The summed E-state index contributed by atoms with van der Waals surface area (Å²) in [4.78, 5) is 3.72. The Morgan fingerprint density at radius 3 is 2.50 bits per heavy atom. The fourth-order valence-corrected chi connectivity index (χ4v) is 4.48. The number of nitrogens with one attached hydrogen (secondary N) is 1. The number of H-pyrrole nitrogens is 1. The van der Waals surface area contributed by atoms with Gasteiger partial charge in [0.1, 0.15) is 0 Å². The van der Waals surface area contributed by atoms with Gasteiger partial charge in [-0.2, -0.15) is 0 Å². The number of aromatic nitrogens is 2. The van der Waals surface area contributed by atoms with Crippen LogP contribution in [0, 0.1) is 0 Å². The Balaban J connectivity index is 1.87. The van der Waals surface area contributed by atoms with Crippen LogP contribution in [-0.2, 0) is 6.42 Å². The van der Waals surface area contributed by atoms with E-state index in [9.17, 15) is 0 Å². The van der Waals surface area contributed by atoms with Gasteiger partial charge in [0.25, 0.3) is 0 Å². The zero-order valence-electron chi connectivity index (χ0n) is 14.4. The van der Waals surface area contributed by atoms with Crippen LogP contribution in [0.4, 0.5) is 0 Å². The molecule has 124 valence electrons. The molecule has 0 unspecified atom stereocenters. The highest BCUT2D eigenvalue weighted by Gasteiger charge is 2.19. The average molecular weight is 334 g/mol. The summed E-state index contributed by atoms with van der Waals surface area (Å²) in [6.07, 6.45) is 6.74. The van der Waals surface area contributed by atoms with E-state index in [1.807, 2.05) is 0 Å². The van der Waals surface area contributed by atoms with Crippen molar-refractivity contribution in [1.29, 1.82) is 0 Å². The van der Waals surface area contributed by atoms with Crippen LogP contribution >= 0.6 is 0 Å². The fraction of sp³-hybridized carbons (Fsp3) is 0.0833. The van der Waals surface area contributed by atoms with Crippen LogP contribution in [0.15, 0.2) is 72.8 Å². The second kappa shape index (κ2) is 5.12. The van der Waals surface area contributed by atoms with Crippen LogP contribution in [0.1, 0.15) is 17.7 Å². The van der Waals surface area contributed by atoms with E-state index >= 15 is 0 Å². The smallest absolute Gasteiger partial charge is 0.0783 e. The molecule has 0 radical (unpaired) electrons. The SMILES string of the molecule is C1=Cc2[nH]c3c(ccc4c5ccccc5n(-c5ccccc5)c43)c2CC1. The van der Waals surface area contributed by atoms with Crippen molar-refractivity contribution in [3.8, 4) is 5.69 Å². The molecule has 2 nitrogen and oxygen atoms in total. The molecule has 3 aromatic carbocycles. The van der Waals surface area contributed by atoms with Crippen molar-refractivity contribution in [2.45, 2.75) is 12.8 Å². The first-order valence-corrected chi connectivity index (χ1v) is 9.20. The van der Waals surface area contributed by atoms with Gasteiger partial charge in [0.2, 0.25) is 0 Å². The molecule has 2 aromatic heterocycles. The second-order valence-electron chi connectivity index (χ2n) is 7.03. The Labute approximate surface area is 151 Å². The third-order valence-corrected chi connectivity index (χ3v) is 5.61. The first-order valence-electron chi connectivity index (χ1n) is 9.20. The molecule has 26 heavy (non-hydrogen) atoms. The largest absolute Gasteiger partial charge is 0.353 e. The number of aromatic amines is 1. The van der Waals surface area contributed by atoms with E-state index in [0.717, 1.165) is 12.8 Å². The topological polar surface area (TPSA) is 20.7 Å². The van der Waals surface area contributed by atoms with Crippen LogP contribution in [0.5, 0.6) is 0 Å². The predicted octanol–water partition coefficient (Wildman–Crippen LogP) is 6.22. The lowest BCUT2D eigenvalue weighted by molar-refractivity contribution is 0.992. The summed E-state index contributed by atoms with van der Waals surface area (Å²) in [7, 11) is 0. The first-order chi connectivity index (χ1) is 12.9. The van der Waals surface area contributed by atoms with Crippen LogP contribution in [-0.4, -0.2) is 9.55 Å². The van der Waals surface area contributed by atoms with Gasteiger partial charge in [-0.15, -0.1) is 0 Å². The molecule has 6 rings (SSSR count). The van der Waals surface area contributed by atoms with Gasteiger partial charge < -0.3 is 9.55 Å². The van der Waals surface area contributed by atoms with E-state index in [-0.39, 0.29) is 0 Å². The minimum absolute atomic E-state index is 1.11. The Morgan fingerprint density at radius 2 is 1.58 bits per heavy atom. The van der Waals surface area contributed by atoms with Gasteiger partial charge in [0, 0.05) is 27.5 Å². The molecular formula is C24H18N2. The second-order valence-corrected chi connectivity index (χ2v) is 7.03. The maximum atomic E-state index is 3.72. The molecule has 0 saturated heterocycles. The highest BCUT2D eigenvalue weighted by molar-refractivity contribution is 6.18. The molecule has 1 N–H and O–H groups in total. The van der Waals surface area contributed by atoms with Crippen LogP contribution < -0.4 is 0 Å². The summed E-state index contributed by atoms with van der Waals surface area (Å²) in [6, 6.07) is 24.0. The van der Waals surface area contributed by atoms with Crippen molar-refractivity contribution in [2.24, 2.45) is 0 Å². The molecule has 0 spiro atoms. The van der Waals surface area contributed by atoms with Crippen molar-refractivity contribution < 1.29 is 0 Å². The number of rotatable bonds is 1. The van der Waals surface area contributed by atoms with Crippen LogP contribution in [0.2, 0.25) is 0 Å². The van der Waals surface area contributed by atoms with Crippen molar-refractivity contribution >= 4 is 38.8 Å². The lowest BCUT2D eigenvalue weighted by Crippen LogP contribution is -1.93. The van der Waals surface area contributed by atoms with Crippen molar-refractivity contribution in [3.05, 3.63) is 84.1 Å². The minimum Gasteiger partial charge on any atom is -0.353 e. The molecule has 1 aliphatic carbocycles. The first kappa shape index (κ1) is 14.0. The van der Waals surface area contributed by atoms with E-state index < -0.39 is 0 Å². The zero-order chi connectivity index (χ0) is 17.1. The molecule has 2 heteroatoms. The average Bonchev–Trinajstić information content (AvgIpc) is 3.24. The Bertz CT molecular complexity index is 1320. The van der Waals surface area contributed by atoms with Crippen LogP contribution in [0.3, 0.4) is 0 Å². The lowest BCUT2D eigenvalue weighted by Gasteiger charge is -2.08. The molecule has 0 saturated carbocycles. The van der Waals surface area contributed by atoms with Crippen molar-refractivity contribution in [1.82, 2.24) is 9.55 Å². The van der Waals surface area contributed by atoms with E-state index in [2.05, 4.69) is 88.4 Å². The number of nitrogens with zero attached hydrogens (tertiary/aromatic N) is 1. The number of hydrogen-bond acceptors (Lipinski definition) is 0. The fourth-order valence-electron chi connectivity index (χ4n) is 4.48. The van der Waals surface area contributed by atoms with Gasteiger partial charge in [0.05, 0.1) is 16.6 Å². The standard InChI is InChI=1S/C24H18N2/c1-2-8-16(9-3-1)26-22-13-7-5-11-18(22)20-15-14-19-17-10-4-6-12-21(17)25-23(19)24(20)26/h1-3,5-9,11-15,25H,4,10H2. The van der Waals surface area contributed by atoms with Crippen molar-refractivity contribution in [2.75, 3.05) is 0 Å². The van der Waals surface area contributed by atoms with E-state index in [1.54, 1.807) is 0 Å². The number of aryl methyl sites for hydroxylation is 1. The molecular weight excluding hydrogens is 316 g/mol. The van der Waals surface area contributed by atoms with Crippen molar-refractivity contribution in [3.63, 3.8) is 0 Å². The van der Waals surface area contributed by atoms with E-state index in [1.165, 1.54) is 49.7 Å². The maximum Gasteiger partial charge on any atom is 0.0783 e. The van der Waals surface area contributed by atoms with E-state index in [4.69, 9.17) is 0 Å². The third kappa shape index (κ3) is 1.76. The number of benzene rings is 3. The van der Waals surface area contributed by atoms with Gasteiger partial charge in [-0.3, -0.25) is 0 Å². The predicted molar refractivity (Wildman–Crippen MR) is 110 cm³/mol. The van der Waals surface area contributed by atoms with Crippen LogP contribution in [0.25, 0.3) is 44.5 Å². The normalized spacial score (nSPS) is 13.7. The molecule has 0 aliphatic heterocycles. The van der Waals surface area contributed by atoms with Gasteiger partial charge in [-0.1, -0.05) is 54.6 Å². The van der Waals surface area contributed by atoms with Gasteiger partial charge in [0.15, 0.2) is 0 Å². The van der Waals surface area contributed by atoms with E-state index in [0.29, 0.717) is 0 Å². The third-order valence-electron chi connectivity index (χ3n) is 5.61. The van der Waals surface area contributed by atoms with Gasteiger partial charge in [-0.25, -0.2) is 0 Å². The summed E-state index contributed by atoms with van der Waals surface area (Å²) in [5.41, 5.74) is 7.70. The summed E-state index contributed by atoms with van der Waals surface area (Å²) < 4.78 is 2.40. The number of allylic oxidation sites excluding steroid dienone is 1. The zero-order valence-corrected chi connectivity index (χ0v) is 14.4. The highest BCUT2D eigenvalue weighted by Crippen LogP contribution is 2.38. The number of fused-ring (bicyclic) bond motifs is 7. The van der Waals surface area contributed by atoms with Gasteiger partial charge in [-0.05, 0) is 42.7 Å². The minimum atomic E-state index is 1.11. The molecule has 2 heterocycles. The lowest BCUT2D eigenvalue weighted by atomic mass is 10.00. The summed E-state index contributed by atoms with van der Waals surface area (Å²) in [5, 5.41) is 3.97. The maximum absolute atomic E-state index is 3.72. The number of para-hydroxylation sites is 2. The molecule has 0 bridgehead atoms. The highest BCUT2D eigenvalue weighted by atomic mass is 15.0. The quantitative estimate of drug-likeness (QED) is 0.375. The Kier molecular flexibility index (Phi) is 2.75. The number of hydrogen-bond donors (Lipinski definition) is 1. The molecule has 5 aromatic rings. The monoisotopic (exact) mass is 334 g/mol. The molecule has 0 amide bonds. The molecule has 0 atom stereocenters. The summed E-state index contributed by atoms with van der Waals surface area (Å²) >= 11 is 0. The Hall–Kier alpha value is -3.26. The summed E-state index contributed by atoms with van der Waals surface area (Å²) in [6.45, 7) is 0. The summed E-state index contributed by atoms with van der Waals surface area (Å²) in [5.74, 6) is 0. The Morgan fingerprint density at radius 1 is 0.769 bits per heavy atom. The molecule has 1 aliphatic rings. The molecule has 0 fully saturated rings.